The highest BCUT2D eigenvalue weighted by molar-refractivity contribution is 5.79. The van der Waals surface area contributed by atoms with Gasteiger partial charge in [0.2, 0.25) is 0 Å². The lowest BCUT2D eigenvalue weighted by Crippen LogP contribution is -2.07. The van der Waals surface area contributed by atoms with E-state index < -0.39 is 5.97 Å². The largest absolute Gasteiger partial charge is 0.493 e. The fourth-order valence-electron chi connectivity index (χ4n) is 4.68. The van der Waals surface area contributed by atoms with Crippen molar-refractivity contribution in [3.05, 3.63) is 82.7 Å². The van der Waals surface area contributed by atoms with E-state index in [1.807, 2.05) is 25.1 Å². The number of hydrogen-bond acceptors (Lipinski definition) is 4. The molecule has 0 bridgehead atoms. The lowest BCUT2D eigenvalue weighted by molar-refractivity contribution is -0.137. The number of nitrogens with one attached hydrogen (secondary N) is 1. The Hall–Kier alpha value is -3.80. The Kier molecular flexibility index (Phi) is 5.29. The van der Waals surface area contributed by atoms with Crippen LogP contribution in [0, 0.1) is 20.8 Å². The van der Waals surface area contributed by atoms with Gasteiger partial charge in [-0.15, -0.1) is 0 Å². The number of carbonyl (C=O) groups is 1. The van der Waals surface area contributed by atoms with Crippen LogP contribution in [0.1, 0.15) is 40.4 Å². The van der Waals surface area contributed by atoms with Crippen LogP contribution in [-0.2, 0) is 11.3 Å². The molecule has 0 saturated heterocycles. The first-order chi connectivity index (χ1) is 15.9. The van der Waals surface area contributed by atoms with E-state index in [4.69, 9.17) is 14.8 Å². The van der Waals surface area contributed by atoms with Crippen LogP contribution >= 0.6 is 0 Å². The van der Waals surface area contributed by atoms with E-state index in [9.17, 15) is 4.79 Å². The van der Waals surface area contributed by atoms with Crippen molar-refractivity contribution < 1.29 is 14.6 Å². The maximum Gasteiger partial charge on any atom is 0.304 e. The highest BCUT2D eigenvalue weighted by Crippen LogP contribution is 2.38. The van der Waals surface area contributed by atoms with E-state index in [-0.39, 0.29) is 12.3 Å². The minimum Gasteiger partial charge on any atom is -0.493 e. The first-order valence-corrected chi connectivity index (χ1v) is 11.2. The second kappa shape index (κ2) is 8.28. The molecule has 6 nitrogen and oxygen atoms in total. The van der Waals surface area contributed by atoms with E-state index in [2.05, 4.69) is 60.1 Å². The Labute approximate surface area is 192 Å². The molecule has 1 aromatic heterocycles. The number of anilines is 1. The number of imidazole rings is 1. The Bertz CT molecular complexity index is 1370. The zero-order valence-electron chi connectivity index (χ0n) is 19.1. The van der Waals surface area contributed by atoms with Gasteiger partial charge in [-0.3, -0.25) is 9.36 Å². The van der Waals surface area contributed by atoms with E-state index in [1.54, 1.807) is 0 Å². The van der Waals surface area contributed by atoms with Gasteiger partial charge < -0.3 is 15.2 Å². The molecule has 1 unspecified atom stereocenters. The van der Waals surface area contributed by atoms with Gasteiger partial charge in [0.25, 0.3) is 0 Å². The fourth-order valence-corrected chi connectivity index (χ4v) is 4.68. The lowest BCUT2D eigenvalue weighted by atomic mass is 9.98. The Morgan fingerprint density at radius 3 is 2.82 bits per heavy atom. The quantitative estimate of drug-likeness (QED) is 0.412. The Morgan fingerprint density at radius 1 is 1.15 bits per heavy atom. The number of aryl methyl sites for hydroxylation is 2. The first kappa shape index (κ1) is 21.1. The molecule has 1 aliphatic rings. The Balaban J connectivity index is 1.39. The monoisotopic (exact) mass is 441 g/mol. The number of ether oxygens (including phenoxy) is 1. The third-order valence-corrected chi connectivity index (χ3v) is 6.43. The van der Waals surface area contributed by atoms with Gasteiger partial charge in [-0.25, -0.2) is 4.98 Å². The van der Waals surface area contributed by atoms with E-state index in [0.717, 1.165) is 39.5 Å². The van der Waals surface area contributed by atoms with Crippen molar-refractivity contribution in [2.45, 2.75) is 39.7 Å². The highest BCUT2D eigenvalue weighted by Gasteiger charge is 2.26. The summed E-state index contributed by atoms with van der Waals surface area (Å²) in [6.07, 6.45) is 0.0910. The van der Waals surface area contributed by atoms with Crippen molar-refractivity contribution in [2.75, 3.05) is 11.9 Å². The zero-order chi connectivity index (χ0) is 23.1. The molecule has 2 heterocycles. The average molecular weight is 442 g/mol. The molecule has 0 saturated carbocycles. The summed E-state index contributed by atoms with van der Waals surface area (Å²) in [5.74, 6) is 0.857. The van der Waals surface area contributed by atoms with Crippen molar-refractivity contribution in [3.63, 3.8) is 0 Å². The smallest absolute Gasteiger partial charge is 0.304 e. The lowest BCUT2D eigenvalue weighted by Gasteiger charge is -2.16. The number of carboxylic acid groups (broad SMARTS) is 1. The van der Waals surface area contributed by atoms with Crippen LogP contribution in [0.15, 0.2) is 54.6 Å². The summed E-state index contributed by atoms with van der Waals surface area (Å²) in [4.78, 5) is 15.8. The summed E-state index contributed by atoms with van der Waals surface area (Å²) in [6.45, 7) is 7.36. The van der Waals surface area contributed by atoms with Gasteiger partial charge in [0, 0.05) is 29.8 Å². The molecule has 0 radical (unpaired) electrons. The van der Waals surface area contributed by atoms with Crippen molar-refractivity contribution in [3.8, 4) is 11.4 Å². The molecule has 6 heteroatoms. The van der Waals surface area contributed by atoms with E-state index in [0.29, 0.717) is 13.2 Å². The van der Waals surface area contributed by atoms with Gasteiger partial charge >= 0.3 is 5.97 Å². The van der Waals surface area contributed by atoms with Crippen LogP contribution < -0.4 is 10.1 Å². The fraction of sp³-hybridized carbons (Fsp3) is 0.259. The third-order valence-electron chi connectivity index (χ3n) is 6.43. The molecular weight excluding hydrogens is 414 g/mol. The molecular formula is C27H27N3O3. The van der Waals surface area contributed by atoms with Crippen LogP contribution in [0.25, 0.3) is 16.7 Å². The summed E-state index contributed by atoms with van der Waals surface area (Å²) >= 11 is 0. The minimum atomic E-state index is -0.801. The van der Waals surface area contributed by atoms with Crippen molar-refractivity contribution >= 4 is 22.7 Å². The van der Waals surface area contributed by atoms with Gasteiger partial charge in [-0.05, 0) is 61.7 Å². The van der Waals surface area contributed by atoms with Crippen molar-refractivity contribution in [2.24, 2.45) is 0 Å². The van der Waals surface area contributed by atoms with Crippen LogP contribution in [0.3, 0.4) is 0 Å². The summed E-state index contributed by atoms with van der Waals surface area (Å²) in [6, 6.07) is 18.7. The topological polar surface area (TPSA) is 76.4 Å². The number of aliphatic carboxylic acids is 1. The molecule has 0 fully saturated rings. The number of hydrogen-bond donors (Lipinski definition) is 2. The molecule has 1 aliphatic heterocycles. The van der Waals surface area contributed by atoms with Crippen molar-refractivity contribution in [1.29, 1.82) is 0 Å². The summed E-state index contributed by atoms with van der Waals surface area (Å²) < 4.78 is 7.97. The summed E-state index contributed by atoms with van der Waals surface area (Å²) in [5.41, 5.74) is 8.78. The predicted molar refractivity (Wildman–Crippen MR) is 130 cm³/mol. The van der Waals surface area contributed by atoms with Gasteiger partial charge in [0.05, 0.1) is 29.7 Å². The minimum absolute atomic E-state index is 0.0810. The maximum atomic E-state index is 11.1. The van der Waals surface area contributed by atoms with Crippen molar-refractivity contribution in [1.82, 2.24) is 9.55 Å². The molecule has 33 heavy (non-hydrogen) atoms. The second-order valence-electron chi connectivity index (χ2n) is 8.76. The van der Waals surface area contributed by atoms with E-state index in [1.165, 1.54) is 16.7 Å². The van der Waals surface area contributed by atoms with Crippen LogP contribution in [0.5, 0.6) is 5.75 Å². The number of carboxylic acids is 1. The van der Waals surface area contributed by atoms with Gasteiger partial charge in [0.1, 0.15) is 11.6 Å². The second-order valence-corrected chi connectivity index (χ2v) is 8.76. The SMILES string of the molecule is Cc1ccc2c(c1)nc(C)n2-c1cccc(CNc2ccc3c(c2)OCC3CC(=O)O)c1C. The van der Waals surface area contributed by atoms with Crippen LogP contribution in [-0.4, -0.2) is 27.2 Å². The summed E-state index contributed by atoms with van der Waals surface area (Å²) in [7, 11) is 0. The molecule has 0 aliphatic carbocycles. The van der Waals surface area contributed by atoms with Crippen LogP contribution in [0.4, 0.5) is 5.69 Å². The molecule has 168 valence electrons. The molecule has 1 atom stereocenters. The number of fused-ring (bicyclic) bond motifs is 2. The molecule has 3 aromatic carbocycles. The normalized spacial score (nSPS) is 14.8. The molecule has 2 N–H and O–H groups in total. The zero-order valence-corrected chi connectivity index (χ0v) is 19.1. The Morgan fingerprint density at radius 2 is 2.00 bits per heavy atom. The first-order valence-electron chi connectivity index (χ1n) is 11.2. The standard InChI is InChI=1S/C27H27N3O3/c1-16-7-10-25-23(11-16)29-18(3)30(25)24-6-4-5-19(17(24)2)14-28-21-8-9-22-20(12-27(31)32)15-33-26(22)13-21/h4-11,13,20,28H,12,14-15H2,1-3H3,(H,31,32). The summed E-state index contributed by atoms with van der Waals surface area (Å²) in [5, 5.41) is 12.6. The predicted octanol–water partition coefficient (Wildman–Crippen LogP) is 5.51. The van der Waals surface area contributed by atoms with Gasteiger partial charge in [-0.2, -0.15) is 0 Å². The highest BCUT2D eigenvalue weighted by atomic mass is 16.5. The number of aromatic nitrogens is 2. The third kappa shape index (κ3) is 3.93. The molecule has 0 amide bonds. The molecule has 0 spiro atoms. The number of rotatable bonds is 6. The van der Waals surface area contributed by atoms with Gasteiger partial charge in [0.15, 0.2) is 0 Å². The number of benzene rings is 3. The molecule has 4 aromatic rings. The number of nitrogens with zero attached hydrogens (tertiary/aromatic N) is 2. The average Bonchev–Trinajstić information content (AvgIpc) is 3.32. The van der Waals surface area contributed by atoms with E-state index >= 15 is 0 Å². The van der Waals surface area contributed by atoms with Crippen LogP contribution in [0.2, 0.25) is 0 Å². The van der Waals surface area contributed by atoms with Gasteiger partial charge in [-0.1, -0.05) is 24.3 Å². The maximum absolute atomic E-state index is 11.1. The molecule has 5 rings (SSSR count).